The molecule has 0 spiro atoms. The van der Waals surface area contributed by atoms with E-state index < -0.39 is 20.5 Å². The fraction of sp³-hybridized carbons (Fsp3) is 0.286. The molecule has 1 aliphatic heterocycles. The van der Waals surface area contributed by atoms with E-state index in [2.05, 4.69) is 17.1 Å². The second-order valence-corrected chi connectivity index (χ2v) is 8.65. The van der Waals surface area contributed by atoms with Crippen molar-refractivity contribution in [3.8, 4) is 0 Å². The standard InChI is InChI=1S/C21H22F2N2O3S/c22-21(23)29(27,28)19-10-8-18(9-11-19)20(26)25-15-13-24(14-16-25)12-4-7-17-5-2-1-3-6-17/h1-11,21H,12-16H2/b7-4+. The quantitative estimate of drug-likeness (QED) is 0.721. The van der Waals surface area contributed by atoms with Crippen LogP contribution in [0.4, 0.5) is 8.78 Å². The van der Waals surface area contributed by atoms with Crippen LogP contribution in [0.15, 0.2) is 65.6 Å². The van der Waals surface area contributed by atoms with Crippen LogP contribution in [0.2, 0.25) is 0 Å². The van der Waals surface area contributed by atoms with Crippen molar-refractivity contribution in [2.45, 2.75) is 10.7 Å². The molecule has 0 aromatic heterocycles. The number of nitrogens with zero attached hydrogens (tertiary/aromatic N) is 2. The van der Waals surface area contributed by atoms with Gasteiger partial charge in [0.05, 0.1) is 4.90 Å². The molecular formula is C21H22F2N2O3S. The van der Waals surface area contributed by atoms with Crippen molar-refractivity contribution in [3.63, 3.8) is 0 Å². The molecule has 0 atom stereocenters. The first-order valence-electron chi connectivity index (χ1n) is 9.23. The molecule has 1 heterocycles. The summed E-state index contributed by atoms with van der Waals surface area (Å²) in [6.45, 7) is 3.34. The van der Waals surface area contributed by atoms with Gasteiger partial charge in [0.1, 0.15) is 0 Å². The van der Waals surface area contributed by atoms with Gasteiger partial charge in [0.2, 0.25) is 9.84 Å². The third-order valence-corrected chi connectivity index (χ3v) is 6.20. The van der Waals surface area contributed by atoms with Crippen LogP contribution in [0.25, 0.3) is 6.08 Å². The Morgan fingerprint density at radius 1 is 0.966 bits per heavy atom. The minimum atomic E-state index is -4.65. The Hall–Kier alpha value is -2.58. The Bertz CT molecular complexity index is 953. The second-order valence-electron chi connectivity index (χ2n) is 6.74. The lowest BCUT2D eigenvalue weighted by atomic mass is 10.2. The molecular weight excluding hydrogens is 398 g/mol. The molecule has 0 aliphatic carbocycles. The van der Waals surface area contributed by atoms with Gasteiger partial charge in [-0.05, 0) is 29.8 Å². The number of piperazine rings is 1. The number of carbonyl (C=O) groups excluding carboxylic acids is 1. The largest absolute Gasteiger partial charge is 0.341 e. The second kappa shape index (κ2) is 9.28. The molecule has 1 fully saturated rings. The first-order chi connectivity index (χ1) is 13.9. The zero-order valence-electron chi connectivity index (χ0n) is 15.7. The average Bonchev–Trinajstić information content (AvgIpc) is 2.74. The van der Waals surface area contributed by atoms with Crippen molar-refractivity contribution in [1.82, 2.24) is 9.80 Å². The Morgan fingerprint density at radius 3 is 2.17 bits per heavy atom. The van der Waals surface area contributed by atoms with Crippen LogP contribution in [0, 0.1) is 0 Å². The summed E-state index contributed by atoms with van der Waals surface area (Å²) >= 11 is 0. The van der Waals surface area contributed by atoms with E-state index in [0.29, 0.717) is 13.1 Å². The summed E-state index contributed by atoms with van der Waals surface area (Å²) in [4.78, 5) is 16.0. The number of amides is 1. The van der Waals surface area contributed by atoms with Crippen LogP contribution < -0.4 is 0 Å². The lowest BCUT2D eigenvalue weighted by Crippen LogP contribution is -2.48. The molecule has 29 heavy (non-hydrogen) atoms. The minimum absolute atomic E-state index is 0.231. The number of sulfone groups is 1. The molecule has 8 heteroatoms. The van der Waals surface area contributed by atoms with Gasteiger partial charge in [0, 0.05) is 38.3 Å². The van der Waals surface area contributed by atoms with Gasteiger partial charge < -0.3 is 4.90 Å². The maximum atomic E-state index is 12.6. The zero-order valence-corrected chi connectivity index (χ0v) is 16.6. The summed E-state index contributed by atoms with van der Waals surface area (Å²) in [5.41, 5.74) is 1.43. The number of benzene rings is 2. The van der Waals surface area contributed by atoms with Crippen LogP contribution in [-0.2, 0) is 9.84 Å². The van der Waals surface area contributed by atoms with Crippen molar-refractivity contribution < 1.29 is 22.0 Å². The molecule has 0 bridgehead atoms. The predicted molar refractivity (Wildman–Crippen MR) is 107 cm³/mol. The maximum absolute atomic E-state index is 12.6. The first kappa shape index (κ1) is 21.1. The van der Waals surface area contributed by atoms with Gasteiger partial charge in [-0.2, -0.15) is 8.78 Å². The summed E-state index contributed by atoms with van der Waals surface area (Å²) in [6, 6.07) is 14.7. The molecule has 154 valence electrons. The third kappa shape index (κ3) is 5.27. The molecule has 0 N–H and O–H groups in total. The van der Waals surface area contributed by atoms with Crippen molar-refractivity contribution in [1.29, 1.82) is 0 Å². The Kier molecular flexibility index (Phi) is 6.76. The highest BCUT2D eigenvalue weighted by molar-refractivity contribution is 7.91. The molecule has 5 nitrogen and oxygen atoms in total. The van der Waals surface area contributed by atoms with Gasteiger partial charge in [-0.1, -0.05) is 42.5 Å². The third-order valence-electron chi connectivity index (χ3n) is 4.80. The molecule has 0 radical (unpaired) electrons. The van der Waals surface area contributed by atoms with E-state index in [0.717, 1.165) is 37.3 Å². The first-order valence-corrected chi connectivity index (χ1v) is 10.8. The Balaban J connectivity index is 1.53. The van der Waals surface area contributed by atoms with E-state index in [1.807, 2.05) is 30.3 Å². The van der Waals surface area contributed by atoms with Gasteiger partial charge in [0.15, 0.2) is 0 Å². The van der Waals surface area contributed by atoms with Gasteiger partial charge >= 0.3 is 5.76 Å². The number of hydrogen-bond acceptors (Lipinski definition) is 4. The summed E-state index contributed by atoms with van der Waals surface area (Å²) in [5, 5.41) is 0. The lowest BCUT2D eigenvalue weighted by Gasteiger charge is -2.34. The summed E-state index contributed by atoms with van der Waals surface area (Å²) in [5.74, 6) is -3.71. The van der Waals surface area contributed by atoms with E-state index in [1.165, 1.54) is 12.1 Å². The van der Waals surface area contributed by atoms with Crippen molar-refractivity contribution in [2.24, 2.45) is 0 Å². The molecule has 3 rings (SSSR count). The highest BCUT2D eigenvalue weighted by Gasteiger charge is 2.27. The number of halogens is 2. The molecule has 0 saturated carbocycles. The van der Waals surface area contributed by atoms with Crippen LogP contribution in [-0.4, -0.2) is 62.6 Å². The van der Waals surface area contributed by atoms with E-state index in [9.17, 15) is 22.0 Å². The Labute approximate surface area is 169 Å². The van der Waals surface area contributed by atoms with Crippen molar-refractivity contribution in [2.75, 3.05) is 32.7 Å². The molecule has 1 aliphatic rings. The zero-order chi connectivity index (χ0) is 20.9. The molecule has 0 unspecified atom stereocenters. The van der Waals surface area contributed by atoms with E-state index in [4.69, 9.17) is 0 Å². The van der Waals surface area contributed by atoms with E-state index in [-0.39, 0.29) is 11.5 Å². The smallest absolute Gasteiger partial charge is 0.336 e. The van der Waals surface area contributed by atoms with Crippen LogP contribution in [0.5, 0.6) is 0 Å². The Morgan fingerprint density at radius 2 is 1.59 bits per heavy atom. The van der Waals surface area contributed by atoms with Crippen molar-refractivity contribution >= 4 is 21.8 Å². The predicted octanol–water partition coefficient (Wildman–Crippen LogP) is 3.15. The van der Waals surface area contributed by atoms with E-state index in [1.54, 1.807) is 4.90 Å². The number of carbonyl (C=O) groups is 1. The van der Waals surface area contributed by atoms with Gasteiger partial charge in [-0.25, -0.2) is 8.42 Å². The molecule has 1 amide bonds. The molecule has 2 aromatic rings. The highest BCUT2D eigenvalue weighted by atomic mass is 32.2. The molecule has 2 aromatic carbocycles. The fourth-order valence-electron chi connectivity index (χ4n) is 3.11. The van der Waals surface area contributed by atoms with Crippen LogP contribution in [0.3, 0.4) is 0 Å². The van der Waals surface area contributed by atoms with Crippen LogP contribution in [0.1, 0.15) is 15.9 Å². The maximum Gasteiger partial charge on any atom is 0.341 e. The monoisotopic (exact) mass is 420 g/mol. The van der Waals surface area contributed by atoms with Gasteiger partial charge in [0.25, 0.3) is 5.91 Å². The van der Waals surface area contributed by atoms with Gasteiger partial charge in [-0.3, -0.25) is 9.69 Å². The summed E-state index contributed by atoms with van der Waals surface area (Å²) < 4.78 is 48.1. The summed E-state index contributed by atoms with van der Waals surface area (Å²) in [6.07, 6.45) is 4.15. The van der Waals surface area contributed by atoms with Crippen LogP contribution >= 0.6 is 0 Å². The topological polar surface area (TPSA) is 57.7 Å². The van der Waals surface area contributed by atoms with Gasteiger partial charge in [-0.15, -0.1) is 0 Å². The van der Waals surface area contributed by atoms with E-state index >= 15 is 0 Å². The normalized spacial score (nSPS) is 15.9. The lowest BCUT2D eigenvalue weighted by molar-refractivity contribution is 0.0650. The average molecular weight is 420 g/mol. The summed E-state index contributed by atoms with van der Waals surface area (Å²) in [7, 11) is -4.65. The SMILES string of the molecule is O=C(c1ccc(S(=O)(=O)C(F)F)cc1)N1CCN(C/C=C/c2ccccc2)CC1. The fourth-order valence-corrected chi connectivity index (χ4v) is 3.83. The number of alkyl halides is 2. The minimum Gasteiger partial charge on any atom is -0.336 e. The number of rotatable bonds is 6. The molecule has 1 saturated heterocycles. The van der Waals surface area contributed by atoms with Crippen molar-refractivity contribution in [3.05, 3.63) is 71.8 Å². The highest BCUT2D eigenvalue weighted by Crippen LogP contribution is 2.19. The number of hydrogen-bond donors (Lipinski definition) is 0.